The molecule has 0 aliphatic heterocycles. The van der Waals surface area contributed by atoms with Gasteiger partial charge in [-0.1, -0.05) is 49.4 Å². The van der Waals surface area contributed by atoms with Crippen molar-refractivity contribution in [2.45, 2.75) is 32.1 Å². The Morgan fingerprint density at radius 3 is 2.59 bits per heavy atom. The van der Waals surface area contributed by atoms with Gasteiger partial charge in [-0.2, -0.15) is 0 Å². The van der Waals surface area contributed by atoms with Crippen LogP contribution in [-0.2, 0) is 0 Å². The van der Waals surface area contributed by atoms with E-state index in [-0.39, 0.29) is 0 Å². The Labute approximate surface area is 103 Å². The van der Waals surface area contributed by atoms with Crippen molar-refractivity contribution in [1.29, 1.82) is 0 Å². The van der Waals surface area contributed by atoms with Crippen LogP contribution < -0.4 is 0 Å². The molecule has 0 bridgehead atoms. The maximum absolute atomic E-state index is 8.97. The molecule has 17 heavy (non-hydrogen) atoms. The van der Waals surface area contributed by atoms with Gasteiger partial charge in [-0.3, -0.25) is 0 Å². The lowest BCUT2D eigenvalue weighted by Crippen LogP contribution is -2.00. The van der Waals surface area contributed by atoms with Crippen LogP contribution in [-0.4, -0.2) is 11.7 Å². The fraction of sp³-hybridized carbons (Fsp3) is 0.375. The van der Waals surface area contributed by atoms with Crippen LogP contribution in [0.25, 0.3) is 10.8 Å². The molecule has 1 nitrogen and oxygen atoms in total. The van der Waals surface area contributed by atoms with Gasteiger partial charge in [0.1, 0.15) is 0 Å². The van der Waals surface area contributed by atoms with E-state index in [4.69, 9.17) is 5.11 Å². The molecule has 0 aliphatic carbocycles. The maximum atomic E-state index is 8.97. The summed E-state index contributed by atoms with van der Waals surface area (Å²) in [4.78, 5) is 0. The molecule has 0 heterocycles. The molecule has 2 aromatic carbocycles. The molecule has 0 spiro atoms. The number of aliphatic hydroxyl groups excluding tert-OH is 1. The molecular formula is C16H20O. The van der Waals surface area contributed by atoms with Crippen LogP contribution in [0.1, 0.15) is 37.7 Å². The summed E-state index contributed by atoms with van der Waals surface area (Å²) >= 11 is 0. The predicted molar refractivity (Wildman–Crippen MR) is 73.3 cm³/mol. The third-order valence-electron chi connectivity index (χ3n) is 3.47. The van der Waals surface area contributed by atoms with Gasteiger partial charge in [-0.05, 0) is 41.5 Å². The van der Waals surface area contributed by atoms with E-state index in [1.165, 1.54) is 16.3 Å². The van der Waals surface area contributed by atoms with Gasteiger partial charge in [0, 0.05) is 6.61 Å². The molecule has 1 heteroatoms. The first kappa shape index (κ1) is 12.1. The average molecular weight is 228 g/mol. The van der Waals surface area contributed by atoms with Crippen molar-refractivity contribution in [1.82, 2.24) is 0 Å². The van der Waals surface area contributed by atoms with Crippen LogP contribution in [0.5, 0.6) is 0 Å². The number of aliphatic hydroxyl groups is 1. The average Bonchev–Trinajstić information content (AvgIpc) is 2.40. The quantitative estimate of drug-likeness (QED) is 0.816. The van der Waals surface area contributed by atoms with Crippen LogP contribution in [0, 0.1) is 0 Å². The summed E-state index contributed by atoms with van der Waals surface area (Å²) in [5.74, 6) is 0.563. The van der Waals surface area contributed by atoms with Crippen molar-refractivity contribution < 1.29 is 5.11 Å². The van der Waals surface area contributed by atoms with E-state index in [0.29, 0.717) is 12.5 Å². The topological polar surface area (TPSA) is 20.2 Å². The van der Waals surface area contributed by atoms with Crippen molar-refractivity contribution in [3.63, 3.8) is 0 Å². The van der Waals surface area contributed by atoms with Gasteiger partial charge in [0.2, 0.25) is 0 Å². The second-order valence-corrected chi connectivity index (χ2v) is 4.54. The standard InChI is InChI=1S/C16H20O/c1-2-13(9-6-12-17)15-11-5-8-14-7-3-4-10-16(14)15/h3-5,7-8,10-11,13,17H,2,6,9,12H2,1H3. The van der Waals surface area contributed by atoms with Crippen molar-refractivity contribution in [2.24, 2.45) is 0 Å². The van der Waals surface area contributed by atoms with Gasteiger partial charge in [0.25, 0.3) is 0 Å². The van der Waals surface area contributed by atoms with Gasteiger partial charge in [0.05, 0.1) is 0 Å². The van der Waals surface area contributed by atoms with E-state index in [2.05, 4.69) is 49.4 Å². The van der Waals surface area contributed by atoms with E-state index in [9.17, 15) is 0 Å². The summed E-state index contributed by atoms with van der Waals surface area (Å²) in [6.07, 6.45) is 3.09. The molecule has 1 N–H and O–H groups in total. The van der Waals surface area contributed by atoms with Gasteiger partial charge < -0.3 is 5.11 Å². The van der Waals surface area contributed by atoms with E-state index in [1.807, 2.05) is 0 Å². The third-order valence-corrected chi connectivity index (χ3v) is 3.47. The molecule has 0 fully saturated rings. The normalized spacial score (nSPS) is 12.8. The SMILES string of the molecule is CCC(CCCO)c1cccc2ccccc12. The minimum absolute atomic E-state index is 0.293. The van der Waals surface area contributed by atoms with Gasteiger partial charge in [-0.15, -0.1) is 0 Å². The van der Waals surface area contributed by atoms with Crippen molar-refractivity contribution in [3.05, 3.63) is 48.0 Å². The first-order valence-corrected chi connectivity index (χ1v) is 6.45. The summed E-state index contributed by atoms with van der Waals surface area (Å²) in [5.41, 5.74) is 1.43. The summed E-state index contributed by atoms with van der Waals surface area (Å²) < 4.78 is 0. The molecule has 2 aromatic rings. The molecule has 0 radical (unpaired) electrons. The van der Waals surface area contributed by atoms with E-state index >= 15 is 0 Å². The fourth-order valence-corrected chi connectivity index (χ4v) is 2.52. The predicted octanol–water partition coefficient (Wildman–Crippen LogP) is 4.11. The summed E-state index contributed by atoms with van der Waals surface area (Å²) in [7, 11) is 0. The van der Waals surface area contributed by atoms with E-state index < -0.39 is 0 Å². The molecule has 90 valence electrons. The Morgan fingerprint density at radius 2 is 1.82 bits per heavy atom. The highest BCUT2D eigenvalue weighted by atomic mass is 16.2. The van der Waals surface area contributed by atoms with Crippen LogP contribution >= 0.6 is 0 Å². The van der Waals surface area contributed by atoms with Crippen molar-refractivity contribution in [3.8, 4) is 0 Å². The Balaban J connectivity index is 2.38. The summed E-state index contributed by atoms with van der Waals surface area (Å²) in [5, 5.41) is 11.6. The Morgan fingerprint density at radius 1 is 1.06 bits per heavy atom. The van der Waals surface area contributed by atoms with Crippen molar-refractivity contribution in [2.75, 3.05) is 6.61 Å². The fourth-order valence-electron chi connectivity index (χ4n) is 2.52. The largest absolute Gasteiger partial charge is 0.396 e. The third kappa shape index (κ3) is 2.67. The monoisotopic (exact) mass is 228 g/mol. The minimum Gasteiger partial charge on any atom is -0.396 e. The molecule has 1 atom stereocenters. The molecular weight excluding hydrogens is 208 g/mol. The van der Waals surface area contributed by atoms with Crippen molar-refractivity contribution >= 4 is 10.8 Å². The number of hydrogen-bond donors (Lipinski definition) is 1. The molecule has 0 saturated heterocycles. The second kappa shape index (κ2) is 5.83. The molecule has 0 aromatic heterocycles. The lowest BCUT2D eigenvalue weighted by Gasteiger charge is -2.17. The summed E-state index contributed by atoms with van der Waals surface area (Å²) in [6, 6.07) is 15.1. The van der Waals surface area contributed by atoms with Gasteiger partial charge in [0.15, 0.2) is 0 Å². The maximum Gasteiger partial charge on any atom is 0.0431 e. The molecule has 0 amide bonds. The van der Waals surface area contributed by atoms with Crippen LogP contribution in [0.2, 0.25) is 0 Å². The zero-order valence-electron chi connectivity index (χ0n) is 10.4. The Bertz CT molecular complexity index is 470. The molecule has 0 aliphatic rings. The Hall–Kier alpha value is -1.34. The number of hydrogen-bond acceptors (Lipinski definition) is 1. The summed E-state index contributed by atoms with van der Waals surface area (Å²) in [6.45, 7) is 2.52. The molecule has 0 saturated carbocycles. The lowest BCUT2D eigenvalue weighted by atomic mass is 9.88. The van der Waals surface area contributed by atoms with Crippen LogP contribution in [0.15, 0.2) is 42.5 Å². The smallest absolute Gasteiger partial charge is 0.0431 e. The molecule has 1 unspecified atom stereocenters. The van der Waals surface area contributed by atoms with E-state index in [1.54, 1.807) is 0 Å². The minimum atomic E-state index is 0.293. The van der Waals surface area contributed by atoms with Crippen LogP contribution in [0.3, 0.4) is 0 Å². The highest BCUT2D eigenvalue weighted by Crippen LogP contribution is 2.30. The zero-order chi connectivity index (χ0) is 12.1. The van der Waals surface area contributed by atoms with Gasteiger partial charge in [-0.25, -0.2) is 0 Å². The number of rotatable bonds is 5. The van der Waals surface area contributed by atoms with E-state index in [0.717, 1.165) is 19.3 Å². The van der Waals surface area contributed by atoms with Crippen LogP contribution in [0.4, 0.5) is 0 Å². The highest BCUT2D eigenvalue weighted by molar-refractivity contribution is 5.86. The highest BCUT2D eigenvalue weighted by Gasteiger charge is 2.11. The lowest BCUT2D eigenvalue weighted by molar-refractivity contribution is 0.279. The Kier molecular flexibility index (Phi) is 4.16. The second-order valence-electron chi connectivity index (χ2n) is 4.54. The number of fused-ring (bicyclic) bond motifs is 1. The molecule has 2 rings (SSSR count). The first-order chi connectivity index (χ1) is 8.36. The first-order valence-electron chi connectivity index (χ1n) is 6.45. The zero-order valence-corrected chi connectivity index (χ0v) is 10.4. The van der Waals surface area contributed by atoms with Gasteiger partial charge >= 0.3 is 0 Å². The number of benzene rings is 2.